The van der Waals surface area contributed by atoms with E-state index >= 15 is 0 Å². The molecule has 0 unspecified atom stereocenters. The van der Waals surface area contributed by atoms with Crippen molar-refractivity contribution in [2.45, 2.75) is 0 Å². The van der Waals surface area contributed by atoms with Gasteiger partial charge in [-0.25, -0.2) is 0 Å². The number of hydrogen-bond acceptors (Lipinski definition) is 4. The van der Waals surface area contributed by atoms with Gasteiger partial charge < -0.3 is 20.4 Å². The summed E-state index contributed by atoms with van der Waals surface area (Å²) in [5, 5.41) is 34.5. The molecule has 4 N–H and O–H groups in total. The molecule has 148 valence electrons. The second kappa shape index (κ2) is 16.8. The molecule has 0 amide bonds. The predicted octanol–water partition coefficient (Wildman–Crippen LogP) is 5.57. The van der Waals surface area contributed by atoms with Gasteiger partial charge in [0.05, 0.1) is 0 Å². The fourth-order valence-electron chi connectivity index (χ4n) is 1.71. The maximum atomic E-state index is 8.63. The van der Waals surface area contributed by atoms with Crippen LogP contribution in [0, 0.1) is 0 Å². The molecule has 4 nitrogen and oxygen atoms in total. The summed E-state index contributed by atoms with van der Waals surface area (Å²) < 4.78 is 0. The molecule has 0 fully saturated rings. The standard InChI is InChI=1S/4C6H6O.Cr/c4*7-6-4-2-1-3-5-6;/h4*1-5,7H;/q;;;;+2. The van der Waals surface area contributed by atoms with Gasteiger partial charge in [0, 0.05) is 0 Å². The number of phenolic OH excluding ortho intramolecular Hbond substituents is 4. The average molecular weight is 428 g/mol. The van der Waals surface area contributed by atoms with E-state index in [1.54, 1.807) is 97.1 Å². The van der Waals surface area contributed by atoms with Gasteiger partial charge >= 0.3 is 17.4 Å². The Balaban J connectivity index is 0.000000356. The summed E-state index contributed by atoms with van der Waals surface area (Å²) in [4.78, 5) is 0. The maximum absolute atomic E-state index is 8.63. The molecule has 0 saturated carbocycles. The van der Waals surface area contributed by atoms with Gasteiger partial charge in [-0.15, -0.1) is 0 Å². The molecular formula is C24H24CrO4+2. The van der Waals surface area contributed by atoms with E-state index in [2.05, 4.69) is 0 Å². The zero-order valence-corrected chi connectivity index (χ0v) is 17.0. The molecule has 0 aromatic heterocycles. The summed E-state index contributed by atoms with van der Waals surface area (Å²) in [6.07, 6.45) is 0. The molecule has 0 heterocycles. The fourth-order valence-corrected chi connectivity index (χ4v) is 1.71. The smallest absolute Gasteiger partial charge is 0.508 e. The Morgan fingerprint density at radius 2 is 0.414 bits per heavy atom. The Hall–Kier alpha value is -3.39. The molecule has 4 rings (SSSR count). The van der Waals surface area contributed by atoms with Gasteiger partial charge in [0.15, 0.2) is 0 Å². The molecule has 0 aliphatic rings. The molecule has 0 aliphatic heterocycles. The van der Waals surface area contributed by atoms with Crippen LogP contribution in [0.15, 0.2) is 121 Å². The SMILES string of the molecule is Oc1ccccc1.Oc1ccccc1.Oc1ccccc1.Oc1ccccc1.[Cr+2]. The minimum atomic E-state index is 0. The summed E-state index contributed by atoms with van der Waals surface area (Å²) in [5.74, 6) is 1.29. The summed E-state index contributed by atoms with van der Waals surface area (Å²) in [6, 6.07) is 34.9. The van der Waals surface area contributed by atoms with E-state index in [1.165, 1.54) is 0 Å². The first-order valence-corrected chi connectivity index (χ1v) is 8.54. The zero-order valence-electron chi connectivity index (χ0n) is 15.7. The molecule has 0 spiro atoms. The van der Waals surface area contributed by atoms with E-state index in [9.17, 15) is 0 Å². The van der Waals surface area contributed by atoms with Crippen LogP contribution >= 0.6 is 0 Å². The van der Waals surface area contributed by atoms with Crippen molar-refractivity contribution < 1.29 is 37.8 Å². The van der Waals surface area contributed by atoms with Gasteiger partial charge in [-0.3, -0.25) is 0 Å². The molecule has 4 aromatic rings. The maximum Gasteiger partial charge on any atom is 2.00 e. The second-order valence-corrected chi connectivity index (χ2v) is 5.34. The predicted molar refractivity (Wildman–Crippen MR) is 112 cm³/mol. The van der Waals surface area contributed by atoms with E-state index in [-0.39, 0.29) is 17.4 Å². The number of para-hydroxylation sites is 4. The van der Waals surface area contributed by atoms with Crippen LogP contribution in [0.1, 0.15) is 0 Å². The van der Waals surface area contributed by atoms with Gasteiger partial charge in [-0.05, 0) is 48.5 Å². The number of benzene rings is 4. The van der Waals surface area contributed by atoms with Gasteiger partial charge in [-0.2, -0.15) is 0 Å². The van der Waals surface area contributed by atoms with Crippen LogP contribution in [0.4, 0.5) is 0 Å². The summed E-state index contributed by atoms with van der Waals surface area (Å²) in [7, 11) is 0. The fraction of sp³-hybridized carbons (Fsp3) is 0. The van der Waals surface area contributed by atoms with Crippen molar-refractivity contribution in [2.24, 2.45) is 0 Å². The Morgan fingerprint density at radius 3 is 0.483 bits per heavy atom. The molecule has 29 heavy (non-hydrogen) atoms. The van der Waals surface area contributed by atoms with Crippen molar-refractivity contribution >= 4 is 0 Å². The van der Waals surface area contributed by atoms with Crippen molar-refractivity contribution in [1.82, 2.24) is 0 Å². The minimum absolute atomic E-state index is 0. The van der Waals surface area contributed by atoms with Crippen molar-refractivity contribution in [3.63, 3.8) is 0 Å². The van der Waals surface area contributed by atoms with Crippen LogP contribution in [0.3, 0.4) is 0 Å². The molecule has 0 atom stereocenters. The number of hydrogen-bond donors (Lipinski definition) is 4. The second-order valence-electron chi connectivity index (χ2n) is 5.34. The first-order chi connectivity index (χ1) is 13.6. The third-order valence-electron chi connectivity index (χ3n) is 3.02. The zero-order chi connectivity index (χ0) is 20.5. The van der Waals surface area contributed by atoms with Crippen molar-refractivity contribution in [1.29, 1.82) is 0 Å². The van der Waals surface area contributed by atoms with E-state index in [0.717, 1.165) is 0 Å². The molecule has 4 aromatic carbocycles. The first kappa shape index (κ1) is 25.6. The van der Waals surface area contributed by atoms with Crippen LogP contribution in [0.25, 0.3) is 0 Å². The van der Waals surface area contributed by atoms with Crippen LogP contribution in [0.5, 0.6) is 23.0 Å². The van der Waals surface area contributed by atoms with Crippen LogP contribution in [0.2, 0.25) is 0 Å². The average Bonchev–Trinajstić information content (AvgIpc) is 2.72. The van der Waals surface area contributed by atoms with E-state index in [1.807, 2.05) is 24.3 Å². The van der Waals surface area contributed by atoms with Gasteiger partial charge in [-0.1, -0.05) is 72.8 Å². The van der Waals surface area contributed by atoms with E-state index in [4.69, 9.17) is 20.4 Å². The largest absolute Gasteiger partial charge is 2.00 e. The topological polar surface area (TPSA) is 80.9 Å². The molecule has 5 heteroatoms. The van der Waals surface area contributed by atoms with Crippen molar-refractivity contribution in [3.8, 4) is 23.0 Å². The molecule has 0 radical (unpaired) electrons. The molecule has 0 aliphatic carbocycles. The molecular weight excluding hydrogens is 404 g/mol. The minimum Gasteiger partial charge on any atom is -0.508 e. The molecule has 0 bridgehead atoms. The Bertz CT molecular complexity index is 693. The number of rotatable bonds is 0. The third kappa shape index (κ3) is 15.4. The van der Waals surface area contributed by atoms with Gasteiger partial charge in [0.2, 0.25) is 0 Å². The quantitative estimate of drug-likeness (QED) is 0.295. The number of phenols is 4. The Labute approximate surface area is 182 Å². The monoisotopic (exact) mass is 428 g/mol. The van der Waals surface area contributed by atoms with Crippen LogP contribution in [-0.4, -0.2) is 20.4 Å². The van der Waals surface area contributed by atoms with Crippen molar-refractivity contribution in [3.05, 3.63) is 121 Å². The number of aromatic hydroxyl groups is 4. The van der Waals surface area contributed by atoms with Crippen LogP contribution < -0.4 is 0 Å². The van der Waals surface area contributed by atoms with Crippen molar-refractivity contribution in [2.75, 3.05) is 0 Å². The normalized spacial score (nSPS) is 8.28. The van der Waals surface area contributed by atoms with Crippen LogP contribution in [-0.2, 0) is 17.4 Å². The first-order valence-electron chi connectivity index (χ1n) is 8.54. The summed E-state index contributed by atoms with van der Waals surface area (Å²) in [5.41, 5.74) is 0. The summed E-state index contributed by atoms with van der Waals surface area (Å²) in [6.45, 7) is 0. The van der Waals surface area contributed by atoms with E-state index in [0.29, 0.717) is 23.0 Å². The third-order valence-corrected chi connectivity index (χ3v) is 3.02. The van der Waals surface area contributed by atoms with E-state index < -0.39 is 0 Å². The summed E-state index contributed by atoms with van der Waals surface area (Å²) >= 11 is 0. The van der Waals surface area contributed by atoms with Gasteiger partial charge in [0.1, 0.15) is 23.0 Å². The Morgan fingerprint density at radius 1 is 0.276 bits per heavy atom. The molecule has 0 saturated heterocycles. The van der Waals surface area contributed by atoms with Gasteiger partial charge in [0.25, 0.3) is 0 Å². The Kier molecular flexibility index (Phi) is 14.8.